The van der Waals surface area contributed by atoms with Crippen molar-refractivity contribution in [1.82, 2.24) is 5.32 Å². The predicted molar refractivity (Wildman–Crippen MR) is 83.2 cm³/mol. The van der Waals surface area contributed by atoms with E-state index >= 15 is 0 Å². The highest BCUT2D eigenvalue weighted by Crippen LogP contribution is 2.43. The molecule has 0 aliphatic carbocycles. The molecule has 2 aliphatic heterocycles. The van der Waals surface area contributed by atoms with Crippen LogP contribution < -0.4 is 10.1 Å². The minimum Gasteiger partial charge on any atom is -0.484 e. The highest BCUT2D eigenvalue weighted by atomic mass is 79.9. The Hall–Kier alpha value is -0.580. The van der Waals surface area contributed by atoms with Crippen LogP contribution in [0, 0.1) is 0 Å². The lowest BCUT2D eigenvalue weighted by Crippen LogP contribution is -2.49. The Morgan fingerprint density at radius 3 is 3.10 bits per heavy atom. The van der Waals surface area contributed by atoms with Gasteiger partial charge < -0.3 is 14.8 Å². The molecule has 1 aromatic carbocycles. The van der Waals surface area contributed by atoms with Crippen molar-refractivity contribution in [2.75, 3.05) is 19.8 Å². The van der Waals surface area contributed by atoms with Crippen molar-refractivity contribution in [3.05, 3.63) is 28.2 Å². The van der Waals surface area contributed by atoms with Gasteiger partial charge in [-0.3, -0.25) is 0 Å². The summed E-state index contributed by atoms with van der Waals surface area (Å²) in [4.78, 5) is 0. The van der Waals surface area contributed by atoms with Crippen LogP contribution in [-0.2, 0) is 4.74 Å². The summed E-state index contributed by atoms with van der Waals surface area (Å²) in [6.07, 6.45) is 4.32. The van der Waals surface area contributed by atoms with Crippen molar-refractivity contribution in [3.63, 3.8) is 0 Å². The lowest BCUT2D eigenvalue weighted by Gasteiger charge is -2.44. The Balaban J connectivity index is 1.90. The maximum Gasteiger partial charge on any atom is 0.134 e. The van der Waals surface area contributed by atoms with Gasteiger partial charge in [0.05, 0.1) is 6.61 Å². The summed E-state index contributed by atoms with van der Waals surface area (Å²) >= 11 is 3.54. The SMILES string of the molecule is CCCNC1CC2(CCCOC2)Oc2cc(Br)ccc21. The Bertz CT molecular complexity index is 472. The van der Waals surface area contributed by atoms with Gasteiger partial charge in [-0.25, -0.2) is 0 Å². The smallest absolute Gasteiger partial charge is 0.134 e. The number of ether oxygens (including phenoxy) is 2. The Morgan fingerprint density at radius 1 is 1.45 bits per heavy atom. The number of hydrogen-bond donors (Lipinski definition) is 1. The maximum absolute atomic E-state index is 6.36. The van der Waals surface area contributed by atoms with E-state index in [0.717, 1.165) is 49.1 Å². The molecule has 20 heavy (non-hydrogen) atoms. The second-order valence-corrected chi connectivity index (χ2v) is 6.75. The molecule has 1 fully saturated rings. The fraction of sp³-hybridized carbons (Fsp3) is 0.625. The minimum absolute atomic E-state index is 0.141. The van der Waals surface area contributed by atoms with Crippen LogP contribution in [0.5, 0.6) is 5.75 Å². The van der Waals surface area contributed by atoms with Crippen LogP contribution in [-0.4, -0.2) is 25.4 Å². The van der Waals surface area contributed by atoms with E-state index in [0.29, 0.717) is 12.6 Å². The van der Waals surface area contributed by atoms with Crippen LogP contribution in [0.4, 0.5) is 0 Å². The van der Waals surface area contributed by atoms with E-state index in [2.05, 4.69) is 46.4 Å². The second-order valence-electron chi connectivity index (χ2n) is 5.83. The first-order valence-electron chi connectivity index (χ1n) is 7.52. The van der Waals surface area contributed by atoms with E-state index in [4.69, 9.17) is 9.47 Å². The van der Waals surface area contributed by atoms with Gasteiger partial charge in [-0.2, -0.15) is 0 Å². The molecule has 2 atom stereocenters. The molecular formula is C16H22BrNO2. The Kier molecular flexibility index (Phi) is 4.34. The van der Waals surface area contributed by atoms with Crippen LogP contribution in [0.2, 0.25) is 0 Å². The van der Waals surface area contributed by atoms with E-state index in [-0.39, 0.29) is 5.60 Å². The largest absolute Gasteiger partial charge is 0.484 e. The zero-order chi connectivity index (χ0) is 14.0. The standard InChI is InChI=1S/C16H22BrNO2/c1-2-7-18-14-10-16(6-3-8-19-11-16)20-15-9-12(17)4-5-13(14)15/h4-5,9,14,18H,2-3,6-8,10-11H2,1H3. The summed E-state index contributed by atoms with van der Waals surface area (Å²) in [6, 6.07) is 6.72. The molecule has 110 valence electrons. The molecule has 0 aromatic heterocycles. The van der Waals surface area contributed by atoms with Crippen molar-refractivity contribution in [2.45, 2.75) is 44.2 Å². The topological polar surface area (TPSA) is 30.5 Å². The lowest BCUT2D eigenvalue weighted by molar-refractivity contribution is -0.0855. The lowest BCUT2D eigenvalue weighted by atomic mass is 9.83. The van der Waals surface area contributed by atoms with E-state index in [1.54, 1.807) is 0 Å². The van der Waals surface area contributed by atoms with E-state index in [9.17, 15) is 0 Å². The first kappa shape index (κ1) is 14.4. The number of rotatable bonds is 3. The van der Waals surface area contributed by atoms with Gasteiger partial charge in [-0.05, 0) is 37.9 Å². The molecule has 1 aromatic rings. The molecule has 0 radical (unpaired) electrons. The number of hydrogen-bond acceptors (Lipinski definition) is 3. The van der Waals surface area contributed by atoms with Gasteiger partial charge in [-0.1, -0.05) is 28.9 Å². The summed E-state index contributed by atoms with van der Waals surface area (Å²) < 4.78 is 13.1. The summed E-state index contributed by atoms with van der Waals surface area (Å²) in [5, 5.41) is 3.67. The summed E-state index contributed by atoms with van der Waals surface area (Å²) in [5.41, 5.74) is 1.13. The van der Waals surface area contributed by atoms with Gasteiger partial charge in [0.2, 0.25) is 0 Å². The van der Waals surface area contributed by atoms with Crippen molar-refractivity contribution >= 4 is 15.9 Å². The molecule has 3 nitrogen and oxygen atoms in total. The number of nitrogens with one attached hydrogen (secondary N) is 1. The first-order chi connectivity index (χ1) is 9.72. The number of halogens is 1. The highest BCUT2D eigenvalue weighted by Gasteiger charge is 2.42. The molecule has 2 heterocycles. The zero-order valence-electron chi connectivity index (χ0n) is 12.0. The monoisotopic (exact) mass is 339 g/mol. The summed E-state index contributed by atoms with van der Waals surface area (Å²) in [7, 11) is 0. The number of benzene rings is 1. The predicted octanol–water partition coefficient (Wildman–Crippen LogP) is 3.82. The van der Waals surface area contributed by atoms with E-state index in [1.807, 2.05) is 0 Å². The average molecular weight is 340 g/mol. The molecule has 1 N–H and O–H groups in total. The second kappa shape index (κ2) is 6.04. The highest BCUT2D eigenvalue weighted by molar-refractivity contribution is 9.10. The van der Waals surface area contributed by atoms with E-state index in [1.165, 1.54) is 5.56 Å². The van der Waals surface area contributed by atoms with Crippen LogP contribution in [0.25, 0.3) is 0 Å². The van der Waals surface area contributed by atoms with Crippen LogP contribution in [0.3, 0.4) is 0 Å². The average Bonchev–Trinajstić information content (AvgIpc) is 2.45. The van der Waals surface area contributed by atoms with Gasteiger partial charge >= 0.3 is 0 Å². The van der Waals surface area contributed by atoms with Crippen molar-refractivity contribution < 1.29 is 9.47 Å². The molecule has 2 unspecified atom stereocenters. The molecule has 4 heteroatoms. The molecule has 1 spiro atoms. The Labute approximate surface area is 129 Å². The van der Waals surface area contributed by atoms with Gasteiger partial charge in [0.1, 0.15) is 11.4 Å². The quantitative estimate of drug-likeness (QED) is 0.907. The molecular weight excluding hydrogens is 318 g/mol. The van der Waals surface area contributed by atoms with Gasteiger partial charge in [0.15, 0.2) is 0 Å². The third kappa shape index (κ3) is 2.87. The van der Waals surface area contributed by atoms with Gasteiger partial charge in [0, 0.05) is 29.1 Å². The fourth-order valence-electron chi connectivity index (χ4n) is 3.21. The normalized spacial score (nSPS) is 29.0. The summed E-state index contributed by atoms with van der Waals surface area (Å²) in [5.74, 6) is 1.00. The molecule has 2 aliphatic rings. The zero-order valence-corrected chi connectivity index (χ0v) is 13.5. The van der Waals surface area contributed by atoms with Crippen LogP contribution in [0.1, 0.15) is 44.2 Å². The third-order valence-corrected chi connectivity index (χ3v) is 4.67. The van der Waals surface area contributed by atoms with Crippen LogP contribution in [0.15, 0.2) is 22.7 Å². The minimum atomic E-state index is -0.141. The number of fused-ring (bicyclic) bond motifs is 1. The van der Waals surface area contributed by atoms with Crippen molar-refractivity contribution in [1.29, 1.82) is 0 Å². The third-order valence-electron chi connectivity index (χ3n) is 4.18. The van der Waals surface area contributed by atoms with E-state index < -0.39 is 0 Å². The fourth-order valence-corrected chi connectivity index (χ4v) is 3.55. The van der Waals surface area contributed by atoms with Gasteiger partial charge in [-0.15, -0.1) is 0 Å². The first-order valence-corrected chi connectivity index (χ1v) is 8.31. The molecule has 0 amide bonds. The van der Waals surface area contributed by atoms with Gasteiger partial charge in [0.25, 0.3) is 0 Å². The molecule has 3 rings (SSSR count). The maximum atomic E-state index is 6.36. The van der Waals surface area contributed by atoms with Crippen LogP contribution >= 0.6 is 15.9 Å². The molecule has 0 bridgehead atoms. The molecule has 1 saturated heterocycles. The summed E-state index contributed by atoms with van der Waals surface area (Å²) in [6.45, 7) is 4.82. The van der Waals surface area contributed by atoms with Crippen molar-refractivity contribution in [2.24, 2.45) is 0 Å². The van der Waals surface area contributed by atoms with Crippen molar-refractivity contribution in [3.8, 4) is 5.75 Å². The Morgan fingerprint density at radius 2 is 2.35 bits per heavy atom. The molecule has 0 saturated carbocycles.